The van der Waals surface area contributed by atoms with E-state index in [0.29, 0.717) is 36.2 Å². The fourth-order valence-electron chi connectivity index (χ4n) is 3.66. The summed E-state index contributed by atoms with van der Waals surface area (Å²) in [4.78, 5) is 2.24. The van der Waals surface area contributed by atoms with Crippen LogP contribution in [0.4, 0.5) is 8.78 Å². The average Bonchev–Trinajstić information content (AvgIpc) is 3.06. The standard InChI is InChI=1S/C20H24F2N2O2.ClH/c1-25-17-7-8-19(26-20(21)22)15(9-17)11-24-12-16(10-23)18(13-24)14-5-3-2-4-6-14;/h2-9,16,18,20H,10-13,23H2,1H3;1H/t16-,18+;/m1./s1. The van der Waals surface area contributed by atoms with Crippen molar-refractivity contribution in [3.63, 3.8) is 0 Å². The summed E-state index contributed by atoms with van der Waals surface area (Å²) in [6, 6.07) is 15.2. The Hall–Kier alpha value is -1.89. The predicted molar refractivity (Wildman–Crippen MR) is 104 cm³/mol. The molecule has 4 nitrogen and oxygen atoms in total. The van der Waals surface area contributed by atoms with Crippen LogP contribution in [0, 0.1) is 5.92 Å². The highest BCUT2D eigenvalue weighted by atomic mass is 35.5. The molecule has 0 radical (unpaired) electrons. The second-order valence-electron chi connectivity index (χ2n) is 6.56. The molecule has 2 aromatic rings. The van der Waals surface area contributed by atoms with Crippen LogP contribution in [-0.4, -0.2) is 38.3 Å². The molecule has 1 heterocycles. The first-order valence-electron chi connectivity index (χ1n) is 8.69. The number of rotatable bonds is 7. The third-order valence-electron chi connectivity index (χ3n) is 4.92. The van der Waals surface area contributed by atoms with Crippen LogP contribution in [0.3, 0.4) is 0 Å². The second kappa shape index (κ2) is 9.88. The molecule has 3 rings (SSSR count). The monoisotopic (exact) mass is 398 g/mol. The van der Waals surface area contributed by atoms with Gasteiger partial charge in [0.2, 0.25) is 0 Å². The summed E-state index contributed by atoms with van der Waals surface area (Å²) in [7, 11) is 1.55. The molecule has 7 heteroatoms. The Morgan fingerprint density at radius 3 is 2.52 bits per heavy atom. The topological polar surface area (TPSA) is 47.7 Å². The van der Waals surface area contributed by atoms with E-state index in [-0.39, 0.29) is 18.2 Å². The van der Waals surface area contributed by atoms with Crippen LogP contribution in [0.25, 0.3) is 0 Å². The number of alkyl halides is 2. The lowest BCUT2D eigenvalue weighted by atomic mass is 9.89. The lowest BCUT2D eigenvalue weighted by Gasteiger charge is -2.19. The Morgan fingerprint density at radius 2 is 1.89 bits per heavy atom. The summed E-state index contributed by atoms with van der Waals surface area (Å²) in [5.74, 6) is 1.48. The zero-order chi connectivity index (χ0) is 18.5. The molecular weight excluding hydrogens is 374 g/mol. The molecule has 1 aliphatic rings. The molecule has 0 aromatic heterocycles. The highest BCUT2D eigenvalue weighted by Crippen LogP contribution is 2.34. The first-order valence-corrected chi connectivity index (χ1v) is 8.69. The van der Waals surface area contributed by atoms with E-state index in [0.717, 1.165) is 13.1 Å². The Balaban J connectivity index is 0.00000261. The minimum atomic E-state index is -2.85. The van der Waals surface area contributed by atoms with Gasteiger partial charge in [-0.2, -0.15) is 8.78 Å². The zero-order valence-corrected chi connectivity index (χ0v) is 16.0. The minimum absolute atomic E-state index is 0. The summed E-state index contributed by atoms with van der Waals surface area (Å²) in [5.41, 5.74) is 7.94. The number of hydrogen-bond acceptors (Lipinski definition) is 4. The maximum Gasteiger partial charge on any atom is 0.387 e. The maximum atomic E-state index is 12.7. The number of likely N-dealkylation sites (tertiary alicyclic amines) is 1. The molecule has 148 valence electrons. The van der Waals surface area contributed by atoms with Gasteiger partial charge in [0.25, 0.3) is 0 Å². The Morgan fingerprint density at radius 1 is 1.15 bits per heavy atom. The molecule has 1 fully saturated rings. The summed E-state index contributed by atoms with van der Waals surface area (Å²) < 4.78 is 35.3. The average molecular weight is 399 g/mol. The highest BCUT2D eigenvalue weighted by Gasteiger charge is 2.33. The van der Waals surface area contributed by atoms with Gasteiger partial charge in [-0.1, -0.05) is 30.3 Å². The van der Waals surface area contributed by atoms with Gasteiger partial charge < -0.3 is 15.2 Å². The summed E-state index contributed by atoms with van der Waals surface area (Å²) in [6.45, 7) is -0.0960. The van der Waals surface area contributed by atoms with Crippen molar-refractivity contribution in [3.05, 3.63) is 59.7 Å². The smallest absolute Gasteiger partial charge is 0.387 e. The van der Waals surface area contributed by atoms with Gasteiger partial charge in [0, 0.05) is 31.1 Å². The number of nitrogens with two attached hydrogens (primary N) is 1. The second-order valence-corrected chi connectivity index (χ2v) is 6.56. The molecule has 2 aromatic carbocycles. The van der Waals surface area contributed by atoms with E-state index in [1.807, 2.05) is 18.2 Å². The van der Waals surface area contributed by atoms with E-state index in [4.69, 9.17) is 10.5 Å². The van der Waals surface area contributed by atoms with Gasteiger partial charge in [-0.25, -0.2) is 0 Å². The molecule has 1 aliphatic heterocycles. The quantitative estimate of drug-likeness (QED) is 0.768. The molecule has 0 aliphatic carbocycles. The van der Waals surface area contributed by atoms with Crippen molar-refractivity contribution in [1.82, 2.24) is 4.90 Å². The lowest BCUT2D eigenvalue weighted by Crippen LogP contribution is -2.23. The van der Waals surface area contributed by atoms with Crippen molar-refractivity contribution in [3.8, 4) is 11.5 Å². The molecule has 2 atom stereocenters. The van der Waals surface area contributed by atoms with Crippen LogP contribution in [0.5, 0.6) is 11.5 Å². The molecule has 0 bridgehead atoms. The molecule has 27 heavy (non-hydrogen) atoms. The van der Waals surface area contributed by atoms with Gasteiger partial charge in [-0.15, -0.1) is 12.4 Å². The van der Waals surface area contributed by atoms with Crippen molar-refractivity contribution < 1.29 is 18.3 Å². The molecule has 1 saturated heterocycles. The Kier molecular flexibility index (Phi) is 7.83. The van der Waals surface area contributed by atoms with Crippen molar-refractivity contribution in [2.75, 3.05) is 26.7 Å². The zero-order valence-electron chi connectivity index (χ0n) is 15.2. The number of nitrogens with zero attached hydrogens (tertiary/aromatic N) is 1. The van der Waals surface area contributed by atoms with E-state index in [2.05, 4.69) is 21.8 Å². The van der Waals surface area contributed by atoms with E-state index in [1.165, 1.54) is 11.6 Å². The van der Waals surface area contributed by atoms with Crippen LogP contribution in [-0.2, 0) is 6.54 Å². The van der Waals surface area contributed by atoms with E-state index in [9.17, 15) is 8.78 Å². The largest absolute Gasteiger partial charge is 0.497 e. The minimum Gasteiger partial charge on any atom is -0.497 e. The molecule has 0 spiro atoms. The fraction of sp³-hybridized carbons (Fsp3) is 0.400. The van der Waals surface area contributed by atoms with Crippen molar-refractivity contribution in [2.45, 2.75) is 19.1 Å². The van der Waals surface area contributed by atoms with Crippen LogP contribution in [0.15, 0.2) is 48.5 Å². The van der Waals surface area contributed by atoms with E-state index >= 15 is 0 Å². The van der Waals surface area contributed by atoms with Gasteiger partial charge in [-0.3, -0.25) is 4.90 Å². The number of halogens is 3. The van der Waals surface area contributed by atoms with Crippen LogP contribution in [0.2, 0.25) is 0 Å². The number of methoxy groups -OCH3 is 1. The maximum absolute atomic E-state index is 12.7. The van der Waals surface area contributed by atoms with Crippen molar-refractivity contribution in [2.24, 2.45) is 11.7 Å². The van der Waals surface area contributed by atoms with E-state index < -0.39 is 6.61 Å². The van der Waals surface area contributed by atoms with Crippen LogP contribution < -0.4 is 15.2 Å². The van der Waals surface area contributed by atoms with Crippen LogP contribution >= 0.6 is 12.4 Å². The Labute approximate surface area is 164 Å². The molecule has 0 amide bonds. The highest BCUT2D eigenvalue weighted by molar-refractivity contribution is 5.85. The molecular formula is C20H25ClF2N2O2. The van der Waals surface area contributed by atoms with Crippen LogP contribution in [0.1, 0.15) is 17.0 Å². The van der Waals surface area contributed by atoms with Gasteiger partial charge in [0.1, 0.15) is 11.5 Å². The Bertz CT molecular complexity index is 718. The molecule has 2 N–H and O–H groups in total. The third kappa shape index (κ3) is 5.31. The lowest BCUT2D eigenvalue weighted by molar-refractivity contribution is -0.0507. The van der Waals surface area contributed by atoms with Gasteiger partial charge >= 0.3 is 6.61 Å². The normalized spacial score (nSPS) is 19.7. The number of benzene rings is 2. The predicted octanol–water partition coefficient (Wildman–Crippen LogP) is 3.89. The van der Waals surface area contributed by atoms with Crippen molar-refractivity contribution >= 4 is 12.4 Å². The SMILES string of the molecule is COc1ccc(OC(F)F)c(CN2C[C@@H](CN)[C@H](c3ccccc3)C2)c1.Cl. The van der Waals surface area contributed by atoms with E-state index in [1.54, 1.807) is 19.2 Å². The summed E-state index contributed by atoms with van der Waals surface area (Å²) in [5, 5.41) is 0. The first kappa shape index (κ1) is 21.4. The third-order valence-corrected chi connectivity index (χ3v) is 4.92. The molecule has 0 unspecified atom stereocenters. The van der Waals surface area contributed by atoms with Gasteiger partial charge in [-0.05, 0) is 36.2 Å². The number of ether oxygens (including phenoxy) is 2. The van der Waals surface area contributed by atoms with Gasteiger partial charge in [0.05, 0.1) is 7.11 Å². The fourth-order valence-corrected chi connectivity index (χ4v) is 3.66. The first-order chi connectivity index (χ1) is 12.6. The molecule has 0 saturated carbocycles. The van der Waals surface area contributed by atoms with Gasteiger partial charge in [0.15, 0.2) is 0 Å². The van der Waals surface area contributed by atoms with Crippen molar-refractivity contribution in [1.29, 1.82) is 0 Å². The summed E-state index contributed by atoms with van der Waals surface area (Å²) >= 11 is 0. The summed E-state index contributed by atoms with van der Waals surface area (Å²) in [6.07, 6.45) is 0. The number of hydrogen-bond donors (Lipinski definition) is 1.